The molecule has 0 aliphatic carbocycles. The minimum absolute atomic E-state index is 0.219. The van der Waals surface area contributed by atoms with Gasteiger partial charge in [-0.3, -0.25) is 0 Å². The molecule has 0 bridgehead atoms. The molecule has 1 saturated heterocycles. The molecule has 88 valence electrons. The Morgan fingerprint density at radius 3 is 3.00 bits per heavy atom. The zero-order valence-corrected chi connectivity index (χ0v) is 9.01. The molecule has 1 N–H and O–H groups in total. The van der Waals surface area contributed by atoms with E-state index in [1.165, 1.54) is 6.07 Å². The van der Waals surface area contributed by atoms with E-state index < -0.39 is 5.82 Å². The molecular formula is C12H15F2NO. The van der Waals surface area contributed by atoms with Crippen LogP contribution in [0.15, 0.2) is 18.2 Å². The van der Waals surface area contributed by atoms with E-state index in [0.717, 1.165) is 31.6 Å². The summed E-state index contributed by atoms with van der Waals surface area (Å²) in [5.74, 6) is -0.781. The van der Waals surface area contributed by atoms with Gasteiger partial charge in [0.2, 0.25) is 0 Å². The zero-order valence-electron chi connectivity index (χ0n) is 9.01. The molecule has 1 heterocycles. The maximum absolute atomic E-state index is 13.2. The van der Waals surface area contributed by atoms with Gasteiger partial charge < -0.3 is 10.1 Å². The van der Waals surface area contributed by atoms with E-state index in [2.05, 4.69) is 5.32 Å². The lowest BCUT2D eigenvalue weighted by Gasteiger charge is -2.11. The topological polar surface area (TPSA) is 21.3 Å². The first-order valence-corrected chi connectivity index (χ1v) is 5.52. The largest absolute Gasteiger partial charge is 0.377 e. The summed E-state index contributed by atoms with van der Waals surface area (Å²) in [6.45, 7) is 1.83. The first-order valence-electron chi connectivity index (χ1n) is 5.52. The lowest BCUT2D eigenvalue weighted by molar-refractivity contribution is 0.110. The van der Waals surface area contributed by atoms with Gasteiger partial charge in [0, 0.05) is 25.3 Å². The molecule has 1 aromatic carbocycles. The first-order chi connectivity index (χ1) is 7.75. The van der Waals surface area contributed by atoms with Crippen LogP contribution in [0, 0.1) is 11.6 Å². The fourth-order valence-corrected chi connectivity index (χ4v) is 1.85. The van der Waals surface area contributed by atoms with Gasteiger partial charge in [0.15, 0.2) is 0 Å². The lowest BCUT2D eigenvalue weighted by atomic mass is 10.2. The molecule has 1 unspecified atom stereocenters. The summed E-state index contributed by atoms with van der Waals surface area (Å²) in [6.07, 6.45) is 2.34. The van der Waals surface area contributed by atoms with Crippen molar-refractivity contribution in [3.8, 4) is 0 Å². The van der Waals surface area contributed by atoms with Crippen molar-refractivity contribution in [2.75, 3.05) is 13.2 Å². The SMILES string of the molecule is Fc1ccc(F)c(CNCC2CCCO2)c1. The Bertz CT molecular complexity index is 351. The molecule has 1 fully saturated rings. The van der Waals surface area contributed by atoms with Crippen molar-refractivity contribution in [2.24, 2.45) is 0 Å². The van der Waals surface area contributed by atoms with E-state index in [4.69, 9.17) is 4.74 Å². The van der Waals surface area contributed by atoms with Crippen LogP contribution in [0.5, 0.6) is 0 Å². The standard InChI is InChI=1S/C12H15F2NO/c13-10-3-4-12(14)9(6-10)7-15-8-11-2-1-5-16-11/h3-4,6,11,15H,1-2,5,7-8H2. The Hall–Kier alpha value is -1.00. The van der Waals surface area contributed by atoms with Crippen LogP contribution in [0.3, 0.4) is 0 Å². The van der Waals surface area contributed by atoms with Gasteiger partial charge in [0.05, 0.1) is 6.10 Å². The Morgan fingerprint density at radius 2 is 2.25 bits per heavy atom. The Morgan fingerprint density at radius 1 is 1.38 bits per heavy atom. The van der Waals surface area contributed by atoms with Crippen LogP contribution in [0.25, 0.3) is 0 Å². The van der Waals surface area contributed by atoms with Crippen molar-refractivity contribution in [3.63, 3.8) is 0 Å². The third kappa shape index (κ3) is 3.00. The number of hydrogen-bond donors (Lipinski definition) is 1. The van der Waals surface area contributed by atoms with Crippen molar-refractivity contribution in [2.45, 2.75) is 25.5 Å². The van der Waals surface area contributed by atoms with Crippen molar-refractivity contribution < 1.29 is 13.5 Å². The summed E-state index contributed by atoms with van der Waals surface area (Å²) in [7, 11) is 0. The van der Waals surface area contributed by atoms with Crippen LogP contribution in [0.2, 0.25) is 0 Å². The summed E-state index contributed by atoms with van der Waals surface area (Å²) < 4.78 is 31.5. The van der Waals surface area contributed by atoms with Gasteiger partial charge in [-0.1, -0.05) is 0 Å². The number of nitrogens with one attached hydrogen (secondary N) is 1. The molecule has 0 spiro atoms. The van der Waals surface area contributed by atoms with E-state index in [1.54, 1.807) is 0 Å². The molecule has 1 aliphatic rings. The van der Waals surface area contributed by atoms with Gasteiger partial charge in [0.25, 0.3) is 0 Å². The Kier molecular flexibility index (Phi) is 3.85. The van der Waals surface area contributed by atoms with Crippen molar-refractivity contribution in [1.82, 2.24) is 5.32 Å². The van der Waals surface area contributed by atoms with Crippen molar-refractivity contribution in [3.05, 3.63) is 35.4 Å². The number of halogens is 2. The molecule has 2 rings (SSSR count). The predicted molar refractivity (Wildman–Crippen MR) is 57.0 cm³/mol. The third-order valence-corrected chi connectivity index (χ3v) is 2.72. The predicted octanol–water partition coefficient (Wildman–Crippen LogP) is 2.23. The second-order valence-corrected chi connectivity index (χ2v) is 4.00. The molecular weight excluding hydrogens is 212 g/mol. The second-order valence-electron chi connectivity index (χ2n) is 4.00. The molecule has 0 amide bonds. The molecule has 16 heavy (non-hydrogen) atoms. The summed E-state index contributed by atoms with van der Waals surface area (Å²) >= 11 is 0. The molecule has 1 aliphatic heterocycles. The maximum Gasteiger partial charge on any atom is 0.127 e. The monoisotopic (exact) mass is 227 g/mol. The van der Waals surface area contributed by atoms with Crippen molar-refractivity contribution in [1.29, 1.82) is 0 Å². The molecule has 0 saturated carbocycles. The number of rotatable bonds is 4. The number of ether oxygens (including phenoxy) is 1. The summed E-state index contributed by atoms with van der Waals surface area (Å²) in [6, 6.07) is 3.50. The van der Waals surface area contributed by atoms with Crippen LogP contribution < -0.4 is 5.32 Å². The smallest absolute Gasteiger partial charge is 0.127 e. The second kappa shape index (κ2) is 5.37. The molecule has 4 heteroatoms. The third-order valence-electron chi connectivity index (χ3n) is 2.72. The zero-order chi connectivity index (χ0) is 11.4. The number of benzene rings is 1. The Balaban J connectivity index is 1.82. The quantitative estimate of drug-likeness (QED) is 0.851. The molecule has 2 nitrogen and oxygen atoms in total. The van der Waals surface area contributed by atoms with Crippen LogP contribution in [0.1, 0.15) is 18.4 Å². The van der Waals surface area contributed by atoms with Crippen LogP contribution >= 0.6 is 0 Å². The lowest BCUT2D eigenvalue weighted by Crippen LogP contribution is -2.26. The van der Waals surface area contributed by atoms with Gasteiger partial charge in [-0.05, 0) is 31.0 Å². The molecule has 1 aromatic rings. The highest BCUT2D eigenvalue weighted by atomic mass is 19.1. The highest BCUT2D eigenvalue weighted by molar-refractivity contribution is 5.18. The fraction of sp³-hybridized carbons (Fsp3) is 0.500. The summed E-state index contributed by atoms with van der Waals surface area (Å²) in [5, 5.41) is 3.08. The van der Waals surface area contributed by atoms with E-state index >= 15 is 0 Å². The number of hydrogen-bond acceptors (Lipinski definition) is 2. The van der Waals surface area contributed by atoms with Crippen LogP contribution in [-0.4, -0.2) is 19.3 Å². The maximum atomic E-state index is 13.2. The Labute approximate surface area is 93.6 Å². The van der Waals surface area contributed by atoms with Crippen LogP contribution in [0.4, 0.5) is 8.78 Å². The normalized spacial score (nSPS) is 20.2. The highest BCUT2D eigenvalue weighted by Crippen LogP contribution is 2.12. The van der Waals surface area contributed by atoms with Gasteiger partial charge in [-0.2, -0.15) is 0 Å². The van der Waals surface area contributed by atoms with E-state index in [-0.39, 0.29) is 11.9 Å². The van der Waals surface area contributed by atoms with Gasteiger partial charge >= 0.3 is 0 Å². The molecule has 1 atom stereocenters. The van der Waals surface area contributed by atoms with Crippen LogP contribution in [-0.2, 0) is 11.3 Å². The fourth-order valence-electron chi connectivity index (χ4n) is 1.85. The summed E-state index contributed by atoms with van der Waals surface area (Å²) in [4.78, 5) is 0. The average molecular weight is 227 g/mol. The van der Waals surface area contributed by atoms with E-state index in [1.807, 2.05) is 0 Å². The molecule has 0 radical (unpaired) electrons. The molecule has 0 aromatic heterocycles. The average Bonchev–Trinajstić information content (AvgIpc) is 2.76. The van der Waals surface area contributed by atoms with Gasteiger partial charge in [-0.15, -0.1) is 0 Å². The van der Waals surface area contributed by atoms with E-state index in [0.29, 0.717) is 18.7 Å². The van der Waals surface area contributed by atoms with Crippen molar-refractivity contribution >= 4 is 0 Å². The van der Waals surface area contributed by atoms with Gasteiger partial charge in [0.1, 0.15) is 11.6 Å². The van der Waals surface area contributed by atoms with Gasteiger partial charge in [-0.25, -0.2) is 8.78 Å². The first kappa shape index (κ1) is 11.5. The minimum atomic E-state index is -0.407. The summed E-state index contributed by atoms with van der Waals surface area (Å²) in [5.41, 5.74) is 0.359. The highest BCUT2D eigenvalue weighted by Gasteiger charge is 2.14. The van der Waals surface area contributed by atoms with E-state index in [9.17, 15) is 8.78 Å². The minimum Gasteiger partial charge on any atom is -0.377 e.